The molecular weight excluding hydrogens is 317 g/mol. The summed E-state index contributed by atoms with van der Waals surface area (Å²) in [6.45, 7) is 2.00. The maximum atomic E-state index is 12.9. The van der Waals surface area contributed by atoms with E-state index in [1.807, 2.05) is 6.07 Å². The van der Waals surface area contributed by atoms with Gasteiger partial charge in [0.2, 0.25) is 0 Å². The molecule has 0 amide bonds. The fourth-order valence-corrected chi connectivity index (χ4v) is 3.60. The molecule has 23 heavy (non-hydrogen) atoms. The lowest BCUT2D eigenvalue weighted by atomic mass is 10.1. The minimum atomic E-state index is -3.76. The second-order valence-corrected chi connectivity index (χ2v) is 7.19. The monoisotopic (exact) mass is 335 g/mol. The van der Waals surface area contributed by atoms with Gasteiger partial charge >= 0.3 is 0 Å². The van der Waals surface area contributed by atoms with Crippen molar-refractivity contribution in [2.45, 2.75) is 24.2 Å². The standard InChI is InChI=1S/C16H18FN3O2S/c17-13-4-7-15(8-5-13)23(21,22)19-16-9-6-14(12-18-16)20-10-2-1-3-11-20/h4-9,12H,1-3,10-11H2,(H,18,19). The molecule has 1 aliphatic heterocycles. The number of hydrogen-bond donors (Lipinski definition) is 1. The van der Waals surface area contributed by atoms with Crippen molar-refractivity contribution >= 4 is 21.5 Å². The van der Waals surface area contributed by atoms with Gasteiger partial charge in [0.05, 0.1) is 16.8 Å². The molecule has 0 aliphatic carbocycles. The first-order valence-corrected chi connectivity index (χ1v) is 9.02. The van der Waals surface area contributed by atoms with E-state index < -0.39 is 15.8 Å². The molecule has 1 aromatic heterocycles. The van der Waals surface area contributed by atoms with E-state index in [2.05, 4.69) is 14.6 Å². The molecule has 0 radical (unpaired) electrons. The summed E-state index contributed by atoms with van der Waals surface area (Å²) in [5, 5.41) is 0. The van der Waals surface area contributed by atoms with Gasteiger partial charge in [0.25, 0.3) is 10.0 Å². The van der Waals surface area contributed by atoms with Gasteiger partial charge in [-0.2, -0.15) is 0 Å². The molecule has 3 rings (SSSR count). The molecule has 5 nitrogen and oxygen atoms in total. The molecule has 0 unspecified atom stereocenters. The van der Waals surface area contributed by atoms with Crippen molar-refractivity contribution in [1.82, 2.24) is 4.98 Å². The first-order valence-electron chi connectivity index (χ1n) is 7.54. The third-order valence-electron chi connectivity index (χ3n) is 3.83. The lowest BCUT2D eigenvalue weighted by molar-refractivity contribution is 0.577. The van der Waals surface area contributed by atoms with E-state index in [0.717, 1.165) is 30.9 Å². The molecule has 1 aliphatic rings. The number of nitrogens with zero attached hydrogens (tertiary/aromatic N) is 2. The van der Waals surface area contributed by atoms with E-state index in [0.29, 0.717) is 0 Å². The highest BCUT2D eigenvalue weighted by Crippen LogP contribution is 2.21. The largest absolute Gasteiger partial charge is 0.370 e. The average Bonchev–Trinajstić information content (AvgIpc) is 2.56. The summed E-state index contributed by atoms with van der Waals surface area (Å²) in [4.78, 5) is 6.42. The summed E-state index contributed by atoms with van der Waals surface area (Å²) in [7, 11) is -3.76. The van der Waals surface area contributed by atoms with E-state index in [1.165, 1.54) is 31.4 Å². The van der Waals surface area contributed by atoms with Crippen LogP contribution in [0.15, 0.2) is 47.5 Å². The van der Waals surface area contributed by atoms with Gasteiger partial charge in [-0.05, 0) is 55.7 Å². The van der Waals surface area contributed by atoms with Crippen molar-refractivity contribution in [3.8, 4) is 0 Å². The van der Waals surface area contributed by atoms with Crippen LogP contribution in [0.3, 0.4) is 0 Å². The number of nitrogens with one attached hydrogen (secondary N) is 1. The summed E-state index contributed by atoms with van der Waals surface area (Å²) in [6, 6.07) is 8.17. The van der Waals surface area contributed by atoms with Crippen LogP contribution >= 0.6 is 0 Å². The van der Waals surface area contributed by atoms with Crippen LogP contribution in [0, 0.1) is 5.82 Å². The summed E-state index contributed by atoms with van der Waals surface area (Å²) < 4.78 is 39.7. The van der Waals surface area contributed by atoms with Gasteiger partial charge in [-0.1, -0.05) is 0 Å². The van der Waals surface area contributed by atoms with Crippen LogP contribution in [0.4, 0.5) is 15.9 Å². The molecule has 1 aromatic carbocycles. The maximum Gasteiger partial charge on any atom is 0.263 e. The second-order valence-electron chi connectivity index (χ2n) is 5.51. The Morgan fingerprint density at radius 3 is 2.30 bits per heavy atom. The number of rotatable bonds is 4. The number of hydrogen-bond acceptors (Lipinski definition) is 4. The Morgan fingerprint density at radius 1 is 1.00 bits per heavy atom. The van der Waals surface area contributed by atoms with Crippen molar-refractivity contribution in [2.75, 3.05) is 22.7 Å². The number of pyridine rings is 1. The molecule has 7 heteroatoms. The van der Waals surface area contributed by atoms with Crippen molar-refractivity contribution in [3.05, 3.63) is 48.4 Å². The predicted molar refractivity (Wildman–Crippen MR) is 87.5 cm³/mol. The van der Waals surface area contributed by atoms with Gasteiger partial charge in [0.15, 0.2) is 0 Å². The Bertz CT molecular complexity index is 755. The lowest BCUT2D eigenvalue weighted by Crippen LogP contribution is -2.29. The maximum absolute atomic E-state index is 12.9. The molecular formula is C16H18FN3O2S. The summed E-state index contributed by atoms with van der Waals surface area (Å²) in [5.41, 5.74) is 0.995. The van der Waals surface area contributed by atoms with E-state index in [9.17, 15) is 12.8 Å². The molecule has 0 spiro atoms. The van der Waals surface area contributed by atoms with Gasteiger partial charge in [-0.25, -0.2) is 17.8 Å². The van der Waals surface area contributed by atoms with Crippen LogP contribution in [-0.4, -0.2) is 26.5 Å². The Balaban J connectivity index is 1.73. The highest BCUT2D eigenvalue weighted by atomic mass is 32.2. The minimum absolute atomic E-state index is 0.000747. The molecule has 0 bridgehead atoms. The number of aromatic nitrogens is 1. The lowest BCUT2D eigenvalue weighted by Gasteiger charge is -2.28. The highest BCUT2D eigenvalue weighted by molar-refractivity contribution is 7.92. The molecule has 2 heterocycles. The Morgan fingerprint density at radius 2 is 1.70 bits per heavy atom. The Hall–Kier alpha value is -2.15. The molecule has 1 fully saturated rings. The third-order valence-corrected chi connectivity index (χ3v) is 5.20. The van der Waals surface area contributed by atoms with Gasteiger partial charge in [0, 0.05) is 13.1 Å². The normalized spacial score (nSPS) is 15.4. The second kappa shape index (κ2) is 6.54. The van der Waals surface area contributed by atoms with Crippen LogP contribution in [0.2, 0.25) is 0 Å². The number of halogens is 1. The van der Waals surface area contributed by atoms with Crippen LogP contribution in [0.1, 0.15) is 19.3 Å². The van der Waals surface area contributed by atoms with Crippen LogP contribution in [-0.2, 0) is 10.0 Å². The van der Waals surface area contributed by atoms with E-state index in [-0.39, 0.29) is 10.7 Å². The fraction of sp³-hybridized carbons (Fsp3) is 0.312. The minimum Gasteiger partial charge on any atom is -0.370 e. The van der Waals surface area contributed by atoms with Gasteiger partial charge in [-0.3, -0.25) is 4.72 Å². The van der Waals surface area contributed by atoms with Gasteiger partial charge in [0.1, 0.15) is 11.6 Å². The number of sulfonamides is 1. The SMILES string of the molecule is O=S(=O)(Nc1ccc(N2CCCCC2)cn1)c1ccc(F)cc1. The molecule has 1 saturated heterocycles. The van der Waals surface area contributed by atoms with Crippen LogP contribution in [0.25, 0.3) is 0 Å². The zero-order chi connectivity index (χ0) is 16.3. The van der Waals surface area contributed by atoms with Crippen molar-refractivity contribution in [1.29, 1.82) is 0 Å². The average molecular weight is 335 g/mol. The first kappa shape index (κ1) is 15.7. The molecule has 1 N–H and O–H groups in total. The van der Waals surface area contributed by atoms with Crippen molar-refractivity contribution in [3.63, 3.8) is 0 Å². The Kier molecular flexibility index (Phi) is 4.47. The number of benzene rings is 1. The van der Waals surface area contributed by atoms with Crippen LogP contribution in [0.5, 0.6) is 0 Å². The smallest absolute Gasteiger partial charge is 0.263 e. The molecule has 122 valence electrons. The van der Waals surface area contributed by atoms with Gasteiger partial charge in [-0.15, -0.1) is 0 Å². The van der Waals surface area contributed by atoms with Gasteiger partial charge < -0.3 is 4.90 Å². The van der Waals surface area contributed by atoms with E-state index in [4.69, 9.17) is 0 Å². The van der Waals surface area contributed by atoms with Crippen molar-refractivity contribution in [2.24, 2.45) is 0 Å². The molecule has 2 aromatic rings. The number of piperidine rings is 1. The summed E-state index contributed by atoms with van der Waals surface area (Å²) in [6.07, 6.45) is 5.26. The zero-order valence-electron chi connectivity index (χ0n) is 12.6. The first-order chi connectivity index (χ1) is 11.0. The van der Waals surface area contributed by atoms with Crippen molar-refractivity contribution < 1.29 is 12.8 Å². The predicted octanol–water partition coefficient (Wildman–Crippen LogP) is 3.01. The fourth-order valence-electron chi connectivity index (χ4n) is 2.60. The summed E-state index contributed by atoms with van der Waals surface area (Å²) in [5.74, 6) is -0.233. The third kappa shape index (κ3) is 3.79. The zero-order valence-corrected chi connectivity index (χ0v) is 13.4. The highest BCUT2D eigenvalue weighted by Gasteiger charge is 2.16. The quantitative estimate of drug-likeness (QED) is 0.933. The van der Waals surface area contributed by atoms with Crippen LogP contribution < -0.4 is 9.62 Å². The molecule has 0 saturated carbocycles. The summed E-state index contributed by atoms with van der Waals surface area (Å²) >= 11 is 0. The molecule has 0 atom stereocenters. The topological polar surface area (TPSA) is 62.3 Å². The Labute approximate surface area is 135 Å². The van der Waals surface area contributed by atoms with E-state index in [1.54, 1.807) is 12.3 Å². The van der Waals surface area contributed by atoms with E-state index >= 15 is 0 Å². The number of anilines is 2.